The third-order valence-electron chi connectivity index (χ3n) is 0.850. The Morgan fingerprint density at radius 1 is 1.00 bits per heavy atom. The van der Waals surface area contributed by atoms with Crippen LogP contribution in [0.5, 0.6) is 0 Å². The smallest absolute Gasteiger partial charge is 0.100 e. The van der Waals surface area contributed by atoms with Gasteiger partial charge in [0.25, 0.3) is 0 Å². The van der Waals surface area contributed by atoms with Crippen LogP contribution in [-0.4, -0.2) is 20.0 Å². The topological polar surface area (TPSA) is 0 Å². The molecule has 0 aromatic heterocycles. The summed E-state index contributed by atoms with van der Waals surface area (Å²) in [4.78, 5) is 0. The molecule has 0 unspecified atom stereocenters. The van der Waals surface area contributed by atoms with E-state index in [1.54, 1.807) is 0 Å². The lowest BCUT2D eigenvalue weighted by Gasteiger charge is -2.15. The molecule has 0 saturated heterocycles. The fourth-order valence-electron chi connectivity index (χ4n) is 0.107. The Morgan fingerprint density at radius 2 is 1.25 bits per heavy atom. The third kappa shape index (κ3) is 1.72. The van der Waals surface area contributed by atoms with Crippen LogP contribution in [0.3, 0.4) is 0 Å². The molecule has 0 aliphatic rings. The number of hydrogen-bond acceptors (Lipinski definition) is 0. The van der Waals surface area contributed by atoms with Gasteiger partial charge in [0.15, 0.2) is 0 Å². The molecule has 8 heavy (non-hydrogen) atoms. The number of hydrogen-bond donors (Lipinski definition) is 0. The number of halogens is 3. The van der Waals surface area contributed by atoms with Crippen LogP contribution in [0.2, 0.25) is 0 Å². The second-order valence-electron chi connectivity index (χ2n) is 1.90. The van der Waals surface area contributed by atoms with E-state index in [9.17, 15) is 13.2 Å². The molecule has 0 nitrogen and oxygen atoms in total. The Kier molecular flexibility index (Phi) is 2.87. The molecule has 3 heteroatoms. The van der Waals surface area contributed by atoms with Gasteiger partial charge in [0.1, 0.15) is 20.0 Å². The van der Waals surface area contributed by atoms with Gasteiger partial charge < -0.3 is 0 Å². The molecule has 0 heterocycles. The molecule has 0 atom stereocenters. The molecule has 0 aliphatic heterocycles. The molecule has 0 saturated carbocycles. The zero-order chi connectivity index (χ0) is 6.62. The van der Waals surface area contributed by atoms with E-state index in [1.165, 1.54) is 0 Å². The highest BCUT2D eigenvalue weighted by Crippen LogP contribution is 2.16. The Labute approximate surface area is 46.7 Å². The summed E-state index contributed by atoms with van der Waals surface area (Å²) in [5, 5.41) is 0. The SMILES string of the molecule is [CH2]C(CF)(CF)CF. The molecule has 0 aromatic rings. The fourth-order valence-corrected chi connectivity index (χ4v) is 0.107. The fraction of sp³-hybridized carbons (Fsp3) is 0.800. The van der Waals surface area contributed by atoms with E-state index in [1.807, 2.05) is 0 Å². The molecular weight excluding hydrogens is 117 g/mol. The average molecular weight is 125 g/mol. The van der Waals surface area contributed by atoms with Crippen molar-refractivity contribution >= 4 is 0 Å². The van der Waals surface area contributed by atoms with Crippen LogP contribution in [0.4, 0.5) is 13.2 Å². The van der Waals surface area contributed by atoms with E-state index in [0.29, 0.717) is 0 Å². The predicted molar refractivity (Wildman–Crippen MR) is 25.7 cm³/mol. The van der Waals surface area contributed by atoms with Crippen molar-refractivity contribution in [3.63, 3.8) is 0 Å². The lowest BCUT2D eigenvalue weighted by atomic mass is 9.97. The first-order valence-electron chi connectivity index (χ1n) is 2.22. The second kappa shape index (κ2) is 2.95. The van der Waals surface area contributed by atoms with Crippen LogP contribution in [0, 0.1) is 12.3 Å². The quantitative estimate of drug-likeness (QED) is 0.538. The van der Waals surface area contributed by atoms with Gasteiger partial charge in [-0.3, -0.25) is 13.2 Å². The molecule has 0 rings (SSSR count). The van der Waals surface area contributed by atoms with Gasteiger partial charge in [-0.2, -0.15) is 0 Å². The normalized spacial score (nSPS) is 12.0. The van der Waals surface area contributed by atoms with Crippen LogP contribution < -0.4 is 0 Å². The van der Waals surface area contributed by atoms with E-state index in [2.05, 4.69) is 6.92 Å². The standard InChI is InChI=1S/C5H8F3/c1-5(2-6,3-7)4-8/h1-4H2. The summed E-state index contributed by atoms with van der Waals surface area (Å²) < 4.78 is 34.5. The minimum Gasteiger partial charge on any atom is -0.250 e. The maximum Gasteiger partial charge on any atom is 0.100 e. The first kappa shape index (κ1) is 7.79. The van der Waals surface area contributed by atoms with Gasteiger partial charge >= 0.3 is 0 Å². The molecular formula is C5H8F3. The van der Waals surface area contributed by atoms with Crippen molar-refractivity contribution in [2.45, 2.75) is 0 Å². The van der Waals surface area contributed by atoms with Crippen molar-refractivity contribution < 1.29 is 13.2 Å². The van der Waals surface area contributed by atoms with Crippen molar-refractivity contribution in [3.05, 3.63) is 6.92 Å². The Bertz CT molecular complexity index is 50.4. The minimum atomic E-state index is -1.62. The summed E-state index contributed by atoms with van der Waals surface area (Å²) in [6, 6.07) is 0. The molecule has 0 aromatic carbocycles. The van der Waals surface area contributed by atoms with Crippen molar-refractivity contribution in [2.24, 2.45) is 5.41 Å². The van der Waals surface area contributed by atoms with Crippen molar-refractivity contribution in [2.75, 3.05) is 20.0 Å². The number of rotatable bonds is 3. The second-order valence-corrected chi connectivity index (χ2v) is 1.90. The van der Waals surface area contributed by atoms with E-state index in [4.69, 9.17) is 0 Å². The maximum atomic E-state index is 11.5. The van der Waals surface area contributed by atoms with Crippen molar-refractivity contribution in [3.8, 4) is 0 Å². The summed E-state index contributed by atoms with van der Waals surface area (Å²) in [6.07, 6.45) is 0. The maximum absolute atomic E-state index is 11.5. The zero-order valence-corrected chi connectivity index (χ0v) is 4.46. The molecule has 0 fully saturated rings. The highest BCUT2D eigenvalue weighted by molar-refractivity contribution is 4.79. The lowest BCUT2D eigenvalue weighted by molar-refractivity contribution is 0.161. The molecule has 1 radical (unpaired) electrons. The molecule has 0 bridgehead atoms. The Morgan fingerprint density at radius 3 is 1.25 bits per heavy atom. The van der Waals surface area contributed by atoms with Crippen LogP contribution >= 0.6 is 0 Å². The average Bonchev–Trinajstić information content (AvgIpc) is 1.87. The van der Waals surface area contributed by atoms with E-state index < -0.39 is 25.4 Å². The summed E-state index contributed by atoms with van der Waals surface area (Å²) in [5.41, 5.74) is -1.62. The van der Waals surface area contributed by atoms with E-state index in [-0.39, 0.29) is 0 Å². The largest absolute Gasteiger partial charge is 0.250 e. The van der Waals surface area contributed by atoms with E-state index >= 15 is 0 Å². The predicted octanol–water partition coefficient (Wildman–Crippen LogP) is 1.72. The summed E-state index contributed by atoms with van der Waals surface area (Å²) in [5.74, 6) is 0. The molecule has 0 aliphatic carbocycles. The summed E-state index contributed by atoms with van der Waals surface area (Å²) in [7, 11) is 0. The van der Waals surface area contributed by atoms with Gasteiger partial charge in [0, 0.05) is 0 Å². The van der Waals surface area contributed by atoms with Crippen molar-refractivity contribution in [1.82, 2.24) is 0 Å². The van der Waals surface area contributed by atoms with Crippen LogP contribution in [-0.2, 0) is 0 Å². The Balaban J connectivity index is 3.58. The molecule has 0 amide bonds. The first-order chi connectivity index (χ1) is 3.68. The Hall–Kier alpha value is -0.210. The highest BCUT2D eigenvalue weighted by Gasteiger charge is 2.23. The highest BCUT2D eigenvalue weighted by atomic mass is 19.1. The first-order valence-corrected chi connectivity index (χ1v) is 2.22. The molecule has 49 valence electrons. The van der Waals surface area contributed by atoms with Gasteiger partial charge in [-0.15, -0.1) is 0 Å². The van der Waals surface area contributed by atoms with E-state index in [0.717, 1.165) is 0 Å². The minimum absolute atomic E-state index is 1.04. The number of alkyl halides is 3. The van der Waals surface area contributed by atoms with Crippen LogP contribution in [0.1, 0.15) is 0 Å². The molecule has 0 spiro atoms. The van der Waals surface area contributed by atoms with Crippen molar-refractivity contribution in [1.29, 1.82) is 0 Å². The van der Waals surface area contributed by atoms with Gasteiger partial charge in [0.2, 0.25) is 0 Å². The van der Waals surface area contributed by atoms with Crippen LogP contribution in [0.25, 0.3) is 0 Å². The zero-order valence-electron chi connectivity index (χ0n) is 4.46. The van der Waals surface area contributed by atoms with Crippen LogP contribution in [0.15, 0.2) is 0 Å². The summed E-state index contributed by atoms with van der Waals surface area (Å²) in [6.45, 7) is -0.125. The molecule has 0 N–H and O–H groups in total. The van der Waals surface area contributed by atoms with Gasteiger partial charge in [-0.1, -0.05) is 0 Å². The lowest BCUT2D eigenvalue weighted by Crippen LogP contribution is -2.24. The van der Waals surface area contributed by atoms with Gasteiger partial charge in [-0.25, -0.2) is 0 Å². The van der Waals surface area contributed by atoms with Gasteiger partial charge in [0.05, 0.1) is 5.41 Å². The summed E-state index contributed by atoms with van der Waals surface area (Å²) >= 11 is 0. The monoisotopic (exact) mass is 125 g/mol. The third-order valence-corrected chi connectivity index (χ3v) is 0.850. The van der Waals surface area contributed by atoms with Gasteiger partial charge in [-0.05, 0) is 6.92 Å².